The first kappa shape index (κ1) is 36.0. The Morgan fingerprint density at radius 2 is 1.59 bits per heavy atom. The van der Waals surface area contributed by atoms with Crippen molar-refractivity contribution in [2.24, 2.45) is 56.2 Å². The van der Waals surface area contributed by atoms with E-state index < -0.39 is 23.3 Å². The van der Waals surface area contributed by atoms with Crippen LogP contribution >= 0.6 is 0 Å². The Kier molecular flexibility index (Phi) is 9.04. The van der Waals surface area contributed by atoms with Gasteiger partial charge in [0.25, 0.3) is 0 Å². The van der Waals surface area contributed by atoms with Gasteiger partial charge in [0.2, 0.25) is 0 Å². The molecule has 274 valence electrons. The van der Waals surface area contributed by atoms with Crippen LogP contribution in [0.3, 0.4) is 0 Å². The van der Waals surface area contributed by atoms with Crippen LogP contribution in [0.2, 0.25) is 0 Å². The lowest BCUT2D eigenvalue weighted by Gasteiger charge is -2.76. The van der Waals surface area contributed by atoms with E-state index in [9.17, 15) is 20.1 Å². The van der Waals surface area contributed by atoms with Crippen LogP contribution in [0.5, 0.6) is 0 Å². The van der Waals surface area contributed by atoms with Crippen molar-refractivity contribution in [2.45, 2.75) is 175 Å². The van der Waals surface area contributed by atoms with Crippen LogP contribution in [0.15, 0.2) is 30.3 Å². The highest BCUT2D eigenvalue weighted by molar-refractivity contribution is 5.74. The number of carboxylic acids is 1. The Hall–Kier alpha value is -1.43. The third kappa shape index (κ3) is 5.03. The molecule has 1 heterocycles. The second-order valence-electron chi connectivity index (χ2n) is 19.6. The summed E-state index contributed by atoms with van der Waals surface area (Å²) >= 11 is 0. The quantitative estimate of drug-likeness (QED) is 0.215. The van der Waals surface area contributed by atoms with Crippen molar-refractivity contribution in [3.05, 3.63) is 35.9 Å². The standard InChI is InChI=1S/C44H68O5/c1-7-9-10-14-19-42-26-24-40(5)32(41(42,6)25-23-38(3)21-22-39(4,37(46)47)29-34(38)42)18-20-43-33(15-8-2)44(48,28-31(45)36(40)43)49-35(43)27-30-16-12-11-13-17-30/h11-13,16-17,31-36,45,48H,7-10,14-15,18-29H2,1-6H3,(H,46,47)/t31-,32-,33+,34+,35+,36-,38+,39+,40+,41+,42-,43+,44-/m0/s1. The van der Waals surface area contributed by atoms with Crippen molar-refractivity contribution in [1.82, 2.24) is 0 Å². The number of rotatable bonds is 10. The molecule has 5 saturated carbocycles. The number of aliphatic carboxylic acids is 1. The first-order valence-electron chi connectivity index (χ1n) is 20.5. The lowest BCUT2D eigenvalue weighted by atomic mass is 9.28. The Labute approximate surface area is 297 Å². The molecule has 0 aromatic heterocycles. The fraction of sp³-hybridized carbons (Fsp3) is 0.841. The molecule has 3 N–H and O–H groups in total. The van der Waals surface area contributed by atoms with Crippen LogP contribution < -0.4 is 0 Å². The van der Waals surface area contributed by atoms with Crippen LogP contribution in [0.25, 0.3) is 0 Å². The predicted octanol–water partition coefficient (Wildman–Crippen LogP) is 9.96. The number of ether oxygens (including phenoxy) is 1. The summed E-state index contributed by atoms with van der Waals surface area (Å²) in [6.07, 6.45) is 17.8. The van der Waals surface area contributed by atoms with E-state index in [-0.39, 0.29) is 45.0 Å². The molecular weight excluding hydrogens is 608 g/mol. The zero-order valence-electron chi connectivity index (χ0n) is 31.7. The van der Waals surface area contributed by atoms with Gasteiger partial charge in [0.1, 0.15) is 0 Å². The number of hydrogen-bond acceptors (Lipinski definition) is 4. The average molecular weight is 677 g/mol. The molecule has 1 aromatic rings. The molecule has 7 rings (SSSR count). The number of benzene rings is 1. The molecule has 6 fully saturated rings. The summed E-state index contributed by atoms with van der Waals surface area (Å²) in [5, 5.41) is 35.3. The fourth-order valence-electron chi connectivity index (χ4n) is 15.2. The van der Waals surface area contributed by atoms with Crippen LogP contribution in [0, 0.1) is 56.2 Å². The highest BCUT2D eigenvalue weighted by atomic mass is 16.6. The molecule has 0 unspecified atom stereocenters. The molecule has 1 aliphatic heterocycles. The largest absolute Gasteiger partial charge is 0.481 e. The highest BCUT2D eigenvalue weighted by Crippen LogP contribution is 2.81. The van der Waals surface area contributed by atoms with Crippen molar-refractivity contribution >= 4 is 5.97 Å². The van der Waals surface area contributed by atoms with Gasteiger partial charge in [-0.05, 0) is 129 Å². The van der Waals surface area contributed by atoms with Crippen molar-refractivity contribution in [1.29, 1.82) is 0 Å². The minimum atomic E-state index is -1.27. The minimum absolute atomic E-state index is 0.0303. The van der Waals surface area contributed by atoms with Crippen LogP contribution in [-0.4, -0.2) is 39.3 Å². The van der Waals surface area contributed by atoms with Gasteiger partial charge in [-0.3, -0.25) is 4.79 Å². The minimum Gasteiger partial charge on any atom is -0.481 e. The maximum Gasteiger partial charge on any atom is 0.309 e. The number of aliphatic hydroxyl groups excluding tert-OH is 1. The van der Waals surface area contributed by atoms with Gasteiger partial charge in [-0.15, -0.1) is 0 Å². The summed E-state index contributed by atoms with van der Waals surface area (Å²) < 4.78 is 6.89. The molecule has 5 aliphatic carbocycles. The second kappa shape index (κ2) is 12.3. The van der Waals surface area contributed by atoms with Gasteiger partial charge >= 0.3 is 5.97 Å². The van der Waals surface area contributed by atoms with Crippen molar-refractivity contribution in [3.8, 4) is 0 Å². The fourth-order valence-corrected chi connectivity index (χ4v) is 15.2. The smallest absolute Gasteiger partial charge is 0.309 e. The molecule has 2 bridgehead atoms. The number of hydrogen-bond donors (Lipinski definition) is 3. The van der Waals surface area contributed by atoms with Crippen molar-refractivity contribution in [3.63, 3.8) is 0 Å². The first-order chi connectivity index (χ1) is 23.2. The molecule has 49 heavy (non-hydrogen) atoms. The number of aliphatic hydroxyl groups is 2. The molecule has 1 aromatic carbocycles. The van der Waals surface area contributed by atoms with Crippen LogP contribution in [-0.2, 0) is 16.0 Å². The van der Waals surface area contributed by atoms with E-state index in [0.717, 1.165) is 64.2 Å². The summed E-state index contributed by atoms with van der Waals surface area (Å²) in [7, 11) is 0. The maximum atomic E-state index is 12.9. The molecule has 1 spiro atoms. The number of carbonyl (C=O) groups is 1. The summed E-state index contributed by atoms with van der Waals surface area (Å²) in [5.74, 6) is -0.904. The van der Waals surface area contributed by atoms with Gasteiger partial charge in [0.05, 0.1) is 17.6 Å². The molecule has 6 aliphatic rings. The topological polar surface area (TPSA) is 87.0 Å². The van der Waals surface area contributed by atoms with Gasteiger partial charge in [0.15, 0.2) is 5.79 Å². The SMILES string of the molecule is CCCCCC[C@@]12CC[C@@]3(C)[C@@H]4[C@@H](O)C[C@]5(O)O[C@H](Cc6ccccc6)[C@@]4(CC[C@@H]3[C@@]1(C)CC[C@@]1(C)CC[C@@](C)(C(=O)O)C[C@H]12)[C@H]5CCC. The molecule has 0 amide bonds. The Morgan fingerprint density at radius 1 is 0.857 bits per heavy atom. The highest BCUT2D eigenvalue weighted by Gasteiger charge is 2.78. The van der Waals surface area contributed by atoms with Gasteiger partial charge in [-0.25, -0.2) is 0 Å². The van der Waals surface area contributed by atoms with Crippen LogP contribution in [0.4, 0.5) is 0 Å². The van der Waals surface area contributed by atoms with Crippen LogP contribution in [0.1, 0.15) is 156 Å². The maximum absolute atomic E-state index is 12.9. The zero-order valence-corrected chi connectivity index (χ0v) is 31.7. The lowest BCUT2D eigenvalue weighted by molar-refractivity contribution is -0.293. The molecule has 0 radical (unpaired) electrons. The van der Waals surface area contributed by atoms with Gasteiger partial charge in [-0.1, -0.05) is 97.1 Å². The van der Waals surface area contributed by atoms with Crippen molar-refractivity contribution < 1.29 is 24.9 Å². The molecule has 13 atom stereocenters. The Bertz CT molecular complexity index is 1380. The van der Waals surface area contributed by atoms with E-state index in [2.05, 4.69) is 65.0 Å². The molecule has 1 saturated heterocycles. The summed E-state index contributed by atoms with van der Waals surface area (Å²) in [6.45, 7) is 14.3. The first-order valence-corrected chi connectivity index (χ1v) is 20.5. The van der Waals surface area contributed by atoms with E-state index in [0.29, 0.717) is 18.3 Å². The monoisotopic (exact) mass is 677 g/mol. The Morgan fingerprint density at radius 3 is 2.29 bits per heavy atom. The third-order valence-electron chi connectivity index (χ3n) is 17.5. The van der Waals surface area contributed by atoms with E-state index in [1.165, 1.54) is 50.5 Å². The zero-order chi connectivity index (χ0) is 35.1. The third-order valence-corrected chi connectivity index (χ3v) is 17.5. The van der Waals surface area contributed by atoms with E-state index in [1.54, 1.807) is 0 Å². The number of unbranched alkanes of at least 4 members (excludes halogenated alkanes) is 3. The number of fused-ring (bicyclic) bond motifs is 7. The van der Waals surface area contributed by atoms with E-state index in [4.69, 9.17) is 4.74 Å². The molecular formula is C44H68O5. The van der Waals surface area contributed by atoms with Gasteiger partial charge in [-0.2, -0.15) is 0 Å². The normalized spacial score (nSPS) is 50.1. The summed E-state index contributed by atoms with van der Waals surface area (Å²) in [4.78, 5) is 12.9. The van der Waals surface area contributed by atoms with Gasteiger partial charge < -0.3 is 20.1 Å². The average Bonchev–Trinajstić information content (AvgIpc) is 3.20. The second-order valence-corrected chi connectivity index (χ2v) is 19.6. The molecule has 5 heteroatoms. The predicted molar refractivity (Wildman–Crippen MR) is 195 cm³/mol. The lowest BCUT2D eigenvalue weighted by Crippen LogP contribution is -2.71. The molecule has 5 nitrogen and oxygen atoms in total. The van der Waals surface area contributed by atoms with E-state index >= 15 is 0 Å². The van der Waals surface area contributed by atoms with E-state index in [1.807, 2.05) is 6.92 Å². The number of carboxylic acid groups (broad SMARTS) is 1. The van der Waals surface area contributed by atoms with Crippen molar-refractivity contribution in [2.75, 3.05) is 0 Å². The Balaban J connectivity index is 1.32. The summed E-state index contributed by atoms with van der Waals surface area (Å²) in [5.41, 5.74) is 0.635. The van der Waals surface area contributed by atoms with Gasteiger partial charge in [0, 0.05) is 17.8 Å². The summed E-state index contributed by atoms with van der Waals surface area (Å²) in [6, 6.07) is 10.7.